The second kappa shape index (κ2) is 8.04. The second-order valence-corrected chi connectivity index (χ2v) is 7.33. The highest BCUT2D eigenvalue weighted by molar-refractivity contribution is 7.85. The highest BCUT2D eigenvalue weighted by atomic mass is 35.5. The molecule has 0 aromatic heterocycles. The van der Waals surface area contributed by atoms with Crippen LogP contribution >= 0.6 is 58.0 Å². The Labute approximate surface area is 153 Å². The molecule has 0 radical (unpaired) electrons. The van der Waals surface area contributed by atoms with Crippen LogP contribution in [0.2, 0.25) is 25.1 Å². The third-order valence-electron chi connectivity index (χ3n) is 2.39. The predicted molar refractivity (Wildman–Crippen MR) is 88.0 cm³/mol. The summed E-state index contributed by atoms with van der Waals surface area (Å²) in [6.07, 6.45) is 0. The van der Waals surface area contributed by atoms with E-state index in [1.807, 2.05) is 0 Å². The number of carbonyl (C=O) groups is 2. The molecule has 0 aliphatic rings. The van der Waals surface area contributed by atoms with Gasteiger partial charge in [0.05, 0.1) is 46.6 Å². The number of benzene rings is 1. The number of nitrogens with one attached hydrogen (secondary N) is 1. The van der Waals surface area contributed by atoms with Crippen LogP contribution in [0.3, 0.4) is 0 Å². The van der Waals surface area contributed by atoms with Crippen LogP contribution in [0.25, 0.3) is 0 Å². The van der Waals surface area contributed by atoms with Gasteiger partial charge in [0.15, 0.2) is 0 Å². The largest absolute Gasteiger partial charge is 0.480 e. The SMILES string of the molecule is CC(=O)N[C@@H](CS(=O)c1c(Cl)c(Cl)c(Cl)c(Cl)c1Cl)C(=O)O. The number of aliphatic carboxylic acids is 1. The van der Waals surface area contributed by atoms with Crippen LogP contribution in [-0.4, -0.2) is 33.0 Å². The minimum absolute atomic E-state index is 0.101. The fourth-order valence-electron chi connectivity index (χ4n) is 1.44. The molecule has 0 spiro atoms. The van der Waals surface area contributed by atoms with Crippen LogP contribution in [0.5, 0.6) is 0 Å². The molecular weight excluding hydrogens is 419 g/mol. The highest BCUT2D eigenvalue weighted by Gasteiger charge is 2.28. The zero-order valence-corrected chi connectivity index (χ0v) is 15.4. The average Bonchev–Trinajstić information content (AvgIpc) is 2.42. The van der Waals surface area contributed by atoms with Crippen molar-refractivity contribution in [2.45, 2.75) is 17.9 Å². The van der Waals surface area contributed by atoms with Gasteiger partial charge in [-0.25, -0.2) is 4.79 Å². The maximum absolute atomic E-state index is 12.4. The molecule has 0 aliphatic carbocycles. The van der Waals surface area contributed by atoms with E-state index in [-0.39, 0.29) is 30.0 Å². The van der Waals surface area contributed by atoms with Gasteiger partial charge in [-0.3, -0.25) is 9.00 Å². The van der Waals surface area contributed by atoms with Gasteiger partial charge < -0.3 is 10.4 Å². The average molecular weight is 428 g/mol. The summed E-state index contributed by atoms with van der Waals surface area (Å²) in [5.41, 5.74) is 0. The second-order valence-electron chi connectivity index (χ2n) is 4.00. The Kier molecular flexibility index (Phi) is 7.23. The quantitative estimate of drug-likeness (QED) is 0.555. The normalized spacial score (nSPS) is 13.5. The summed E-state index contributed by atoms with van der Waals surface area (Å²) in [5.74, 6) is -2.42. The minimum atomic E-state index is -1.99. The van der Waals surface area contributed by atoms with E-state index >= 15 is 0 Å². The molecule has 122 valence electrons. The van der Waals surface area contributed by atoms with Gasteiger partial charge >= 0.3 is 5.97 Å². The molecule has 2 atom stereocenters. The summed E-state index contributed by atoms with van der Waals surface area (Å²) in [4.78, 5) is 21.9. The van der Waals surface area contributed by atoms with E-state index in [1.165, 1.54) is 0 Å². The lowest BCUT2D eigenvalue weighted by Crippen LogP contribution is -2.43. The number of hydrogen-bond donors (Lipinski definition) is 2. The van der Waals surface area contributed by atoms with Gasteiger partial charge in [0.25, 0.3) is 0 Å². The van der Waals surface area contributed by atoms with Crippen LogP contribution < -0.4 is 5.32 Å². The van der Waals surface area contributed by atoms with Crippen molar-refractivity contribution in [3.63, 3.8) is 0 Å². The maximum atomic E-state index is 12.4. The Hall–Kier alpha value is -0.240. The molecule has 0 fully saturated rings. The zero-order valence-electron chi connectivity index (χ0n) is 10.8. The van der Waals surface area contributed by atoms with Gasteiger partial charge in [-0.15, -0.1) is 0 Å². The third-order valence-corrected chi connectivity index (χ3v) is 6.39. The summed E-state index contributed by atoms with van der Waals surface area (Å²) in [7, 11) is -1.99. The van der Waals surface area contributed by atoms with Crippen molar-refractivity contribution >= 4 is 80.7 Å². The standard InChI is InChI=1S/C11H8Cl5NO4S/c1-3(18)17-4(11(19)20)2-22(21)10-8(15)6(13)5(12)7(14)9(10)16/h4H,2H2,1H3,(H,17,18)(H,19,20)/t4-,22?/m0/s1. The Morgan fingerprint density at radius 3 is 1.82 bits per heavy atom. The van der Waals surface area contributed by atoms with Crippen LogP contribution in [-0.2, 0) is 20.4 Å². The van der Waals surface area contributed by atoms with E-state index in [1.54, 1.807) is 0 Å². The van der Waals surface area contributed by atoms with Gasteiger partial charge in [0.1, 0.15) is 6.04 Å². The fraction of sp³-hybridized carbons (Fsp3) is 0.273. The van der Waals surface area contributed by atoms with E-state index < -0.39 is 34.5 Å². The molecule has 1 amide bonds. The smallest absolute Gasteiger partial charge is 0.327 e. The van der Waals surface area contributed by atoms with Gasteiger partial charge in [0, 0.05) is 6.92 Å². The third kappa shape index (κ3) is 4.40. The number of hydrogen-bond acceptors (Lipinski definition) is 3. The van der Waals surface area contributed by atoms with Crippen LogP contribution in [0.4, 0.5) is 0 Å². The van der Waals surface area contributed by atoms with Crippen molar-refractivity contribution in [2.24, 2.45) is 0 Å². The number of amides is 1. The van der Waals surface area contributed by atoms with E-state index in [0.717, 1.165) is 6.92 Å². The van der Waals surface area contributed by atoms with Crippen molar-refractivity contribution < 1.29 is 18.9 Å². The summed E-state index contributed by atoms with van der Waals surface area (Å²) >= 11 is 29.4. The molecule has 0 heterocycles. The van der Waals surface area contributed by atoms with E-state index in [9.17, 15) is 13.8 Å². The monoisotopic (exact) mass is 425 g/mol. The lowest BCUT2D eigenvalue weighted by molar-refractivity contribution is -0.140. The van der Waals surface area contributed by atoms with E-state index in [4.69, 9.17) is 63.1 Å². The Balaban J connectivity index is 3.24. The molecule has 5 nitrogen and oxygen atoms in total. The zero-order chi connectivity index (χ0) is 17.2. The minimum Gasteiger partial charge on any atom is -0.480 e. The molecule has 22 heavy (non-hydrogen) atoms. The molecule has 11 heteroatoms. The molecular formula is C11H8Cl5NO4S. The van der Waals surface area contributed by atoms with Crippen molar-refractivity contribution in [1.29, 1.82) is 0 Å². The molecule has 2 N–H and O–H groups in total. The van der Waals surface area contributed by atoms with Crippen LogP contribution in [0.15, 0.2) is 4.90 Å². The summed E-state index contributed by atoms with van der Waals surface area (Å²) in [6, 6.07) is -1.39. The number of rotatable bonds is 5. The summed E-state index contributed by atoms with van der Waals surface area (Å²) in [6.45, 7) is 1.13. The first-order chi connectivity index (χ1) is 10.1. The molecule has 1 unspecified atom stereocenters. The summed E-state index contributed by atoms with van der Waals surface area (Å²) < 4.78 is 12.4. The molecule has 1 aromatic rings. The lowest BCUT2D eigenvalue weighted by Gasteiger charge is -2.16. The number of carbonyl (C=O) groups excluding carboxylic acids is 1. The van der Waals surface area contributed by atoms with Crippen LogP contribution in [0, 0.1) is 0 Å². The van der Waals surface area contributed by atoms with Crippen molar-refractivity contribution in [1.82, 2.24) is 5.32 Å². The molecule has 0 aliphatic heterocycles. The van der Waals surface area contributed by atoms with Gasteiger partial charge in [-0.05, 0) is 0 Å². The van der Waals surface area contributed by atoms with E-state index in [0.29, 0.717) is 0 Å². The number of carboxylic acid groups (broad SMARTS) is 1. The highest BCUT2D eigenvalue weighted by Crippen LogP contribution is 2.45. The van der Waals surface area contributed by atoms with Gasteiger partial charge in [-0.2, -0.15) is 0 Å². The topological polar surface area (TPSA) is 83.5 Å². The first-order valence-electron chi connectivity index (χ1n) is 5.47. The van der Waals surface area contributed by atoms with Crippen molar-refractivity contribution in [2.75, 3.05) is 5.75 Å². The lowest BCUT2D eigenvalue weighted by atomic mass is 10.3. The number of halogens is 5. The molecule has 0 saturated heterocycles. The first-order valence-corrected chi connectivity index (χ1v) is 8.68. The molecule has 0 bridgehead atoms. The van der Waals surface area contributed by atoms with Crippen LogP contribution in [0.1, 0.15) is 6.92 Å². The Morgan fingerprint density at radius 2 is 1.45 bits per heavy atom. The van der Waals surface area contributed by atoms with Gasteiger partial charge in [0.2, 0.25) is 5.91 Å². The number of carboxylic acids is 1. The maximum Gasteiger partial charge on any atom is 0.327 e. The molecule has 0 saturated carbocycles. The van der Waals surface area contributed by atoms with E-state index in [2.05, 4.69) is 5.32 Å². The Morgan fingerprint density at radius 1 is 1.05 bits per heavy atom. The van der Waals surface area contributed by atoms with Crippen molar-refractivity contribution in [3.8, 4) is 0 Å². The molecule has 1 aromatic carbocycles. The predicted octanol–water partition coefficient (Wildman–Crippen LogP) is 3.65. The first kappa shape index (κ1) is 19.8. The molecule has 1 rings (SSSR count). The van der Waals surface area contributed by atoms with Crippen molar-refractivity contribution in [3.05, 3.63) is 25.1 Å². The Bertz CT molecular complexity index is 637. The summed E-state index contributed by atoms with van der Waals surface area (Å²) in [5, 5.41) is 10.4. The fourth-order valence-corrected chi connectivity index (χ4v) is 4.51. The van der Waals surface area contributed by atoms with Gasteiger partial charge in [-0.1, -0.05) is 58.0 Å².